The van der Waals surface area contributed by atoms with Gasteiger partial charge in [-0.25, -0.2) is 0 Å². The van der Waals surface area contributed by atoms with Crippen molar-refractivity contribution in [2.45, 2.75) is 95.3 Å². The molecule has 2 heterocycles. The van der Waals surface area contributed by atoms with Crippen LogP contribution in [0.4, 0.5) is 0 Å². The van der Waals surface area contributed by atoms with E-state index < -0.39 is 79.2 Å². The maximum atomic E-state index is 12.3. The van der Waals surface area contributed by atoms with E-state index in [-0.39, 0.29) is 33.0 Å². The second-order valence-corrected chi connectivity index (χ2v) is 11.7. The Kier molecular flexibility index (Phi) is 14.7. The highest BCUT2D eigenvalue weighted by Crippen LogP contribution is 2.33. The fourth-order valence-electron chi connectivity index (χ4n) is 5.65. The van der Waals surface area contributed by atoms with Gasteiger partial charge in [0.05, 0.1) is 33.0 Å². The summed E-state index contributed by atoms with van der Waals surface area (Å²) >= 11 is 0. The first-order valence-electron chi connectivity index (χ1n) is 16.0. The molecule has 0 aliphatic carbocycles. The van der Waals surface area contributed by atoms with Crippen LogP contribution >= 0.6 is 0 Å². The zero-order chi connectivity index (χ0) is 35.3. The van der Waals surface area contributed by atoms with E-state index in [2.05, 4.69) is 11.9 Å². The van der Waals surface area contributed by atoms with Crippen molar-refractivity contribution in [2.75, 3.05) is 19.8 Å². The van der Waals surface area contributed by atoms with E-state index in [9.17, 15) is 24.6 Å². The minimum Gasteiger partial charge on any atom is -0.455 e. The summed E-state index contributed by atoms with van der Waals surface area (Å²) in [7, 11) is 0. The first-order chi connectivity index (χ1) is 23.6. The maximum Gasteiger partial charge on any atom is 0.303 e. The molecule has 2 aromatic carbocycles. The number of aliphatic hydroxyl groups excluding tert-OH is 2. The molecule has 0 radical (unpaired) electrons. The highest BCUT2D eigenvalue weighted by Gasteiger charge is 2.54. The van der Waals surface area contributed by atoms with Crippen molar-refractivity contribution < 1.29 is 62.5 Å². The molecule has 1 amide bonds. The van der Waals surface area contributed by atoms with Crippen LogP contribution in [0.2, 0.25) is 0 Å². The van der Waals surface area contributed by atoms with E-state index in [0.29, 0.717) is 0 Å². The fraction of sp³-hybridized carbons (Fsp3) is 0.514. The van der Waals surface area contributed by atoms with E-state index in [1.807, 2.05) is 60.7 Å². The number of hydrogen-bond acceptors (Lipinski definition) is 13. The van der Waals surface area contributed by atoms with Gasteiger partial charge in [0.2, 0.25) is 5.91 Å². The van der Waals surface area contributed by atoms with E-state index in [4.69, 9.17) is 37.9 Å². The van der Waals surface area contributed by atoms with Crippen molar-refractivity contribution >= 4 is 17.8 Å². The average Bonchev–Trinajstić information content (AvgIpc) is 3.06. The van der Waals surface area contributed by atoms with Gasteiger partial charge in [0.1, 0.15) is 36.6 Å². The van der Waals surface area contributed by atoms with Crippen LogP contribution in [0.5, 0.6) is 0 Å². The molecule has 4 rings (SSSR count). The van der Waals surface area contributed by atoms with Crippen molar-refractivity contribution in [1.29, 1.82) is 0 Å². The Bertz CT molecular complexity index is 1350. The molecule has 268 valence electrons. The van der Waals surface area contributed by atoms with E-state index >= 15 is 0 Å². The standard InChI is InChI=1S/C35H45NO13/c1-5-16-44-31-28(36-21(2)37)34(41)47-27(20-43-18-25-14-10-7-11-15-25)30(31)49-35-33(46-23(4)39)32(45-22(3)38)29(40)26(48-35)19-42-17-24-12-8-6-9-13-24/h5-15,26-35,40-41H,1,16-20H2,2-4H3,(H,36,37)/t26-,27-,28-,29+,30-,31-,32+,33-,34-,35+/m1/s1. The predicted molar refractivity (Wildman–Crippen MR) is 171 cm³/mol. The van der Waals surface area contributed by atoms with Gasteiger partial charge in [-0.15, -0.1) is 6.58 Å². The Balaban J connectivity index is 1.65. The van der Waals surface area contributed by atoms with Crippen molar-refractivity contribution in [2.24, 2.45) is 0 Å². The number of rotatable bonds is 16. The summed E-state index contributed by atoms with van der Waals surface area (Å²) in [6, 6.07) is 17.6. The van der Waals surface area contributed by atoms with E-state index in [0.717, 1.165) is 25.0 Å². The Morgan fingerprint density at radius 2 is 1.33 bits per heavy atom. The molecule has 14 nitrogen and oxygen atoms in total. The molecule has 3 N–H and O–H groups in total. The van der Waals surface area contributed by atoms with Gasteiger partial charge in [-0.3, -0.25) is 14.4 Å². The third-order valence-electron chi connectivity index (χ3n) is 7.74. The minimum absolute atomic E-state index is 0.00540. The van der Waals surface area contributed by atoms with Gasteiger partial charge in [-0.2, -0.15) is 0 Å². The number of nitrogens with one attached hydrogen (secondary N) is 1. The number of hydrogen-bond donors (Lipinski definition) is 3. The van der Waals surface area contributed by atoms with Crippen molar-refractivity contribution in [3.05, 3.63) is 84.4 Å². The van der Waals surface area contributed by atoms with Crippen LogP contribution in [-0.4, -0.2) is 109 Å². The molecule has 0 aromatic heterocycles. The lowest BCUT2D eigenvalue weighted by Crippen LogP contribution is -2.68. The molecule has 2 aliphatic heterocycles. The predicted octanol–water partition coefficient (Wildman–Crippen LogP) is 1.55. The summed E-state index contributed by atoms with van der Waals surface area (Å²) in [4.78, 5) is 36.7. The molecule has 0 spiro atoms. The Morgan fingerprint density at radius 1 is 0.776 bits per heavy atom. The minimum atomic E-state index is -1.53. The quantitative estimate of drug-likeness (QED) is 0.171. The van der Waals surface area contributed by atoms with Gasteiger partial charge < -0.3 is 53.4 Å². The number of amides is 1. The van der Waals surface area contributed by atoms with Gasteiger partial charge in [0, 0.05) is 20.8 Å². The average molecular weight is 688 g/mol. The molecule has 2 aliphatic rings. The van der Waals surface area contributed by atoms with Crippen molar-refractivity contribution in [3.8, 4) is 0 Å². The van der Waals surface area contributed by atoms with Gasteiger partial charge in [-0.05, 0) is 11.1 Å². The number of aliphatic hydroxyl groups is 2. The third-order valence-corrected chi connectivity index (χ3v) is 7.74. The van der Waals surface area contributed by atoms with Crippen molar-refractivity contribution in [3.63, 3.8) is 0 Å². The summed E-state index contributed by atoms with van der Waals surface area (Å²) in [5.41, 5.74) is 1.76. The summed E-state index contributed by atoms with van der Waals surface area (Å²) in [5, 5.41) is 25.0. The van der Waals surface area contributed by atoms with Crippen LogP contribution in [0.3, 0.4) is 0 Å². The molecule has 0 bridgehead atoms. The lowest BCUT2D eigenvalue weighted by Gasteiger charge is -2.48. The van der Waals surface area contributed by atoms with Crippen LogP contribution < -0.4 is 5.32 Å². The SMILES string of the molecule is C=CCO[C@@H]1[C@@H](NC(C)=O)[C@H](O)O[C@H](COCc2ccccc2)[C@H]1O[C@@H]1O[C@H](COCc2ccccc2)[C@H](O)[C@H](OC(C)=O)[C@H]1OC(C)=O. The van der Waals surface area contributed by atoms with Crippen LogP contribution in [0.15, 0.2) is 73.3 Å². The van der Waals surface area contributed by atoms with E-state index in [1.165, 1.54) is 13.0 Å². The number of benzene rings is 2. The normalized spacial score (nSPS) is 29.8. The fourth-order valence-corrected chi connectivity index (χ4v) is 5.65. The van der Waals surface area contributed by atoms with Gasteiger partial charge in [0.25, 0.3) is 0 Å². The second kappa shape index (κ2) is 18.9. The lowest BCUT2D eigenvalue weighted by molar-refractivity contribution is -0.350. The maximum absolute atomic E-state index is 12.3. The third kappa shape index (κ3) is 11.1. The Labute approximate surface area is 285 Å². The van der Waals surface area contributed by atoms with E-state index in [1.54, 1.807) is 0 Å². The van der Waals surface area contributed by atoms with Crippen LogP contribution in [0.1, 0.15) is 31.9 Å². The number of esters is 2. The molecule has 0 unspecified atom stereocenters. The molecular weight excluding hydrogens is 642 g/mol. The molecule has 0 saturated carbocycles. The monoisotopic (exact) mass is 687 g/mol. The van der Waals surface area contributed by atoms with Gasteiger partial charge >= 0.3 is 11.9 Å². The summed E-state index contributed by atoms with van der Waals surface area (Å²) in [6.07, 6.45) is -10.3. The summed E-state index contributed by atoms with van der Waals surface area (Å²) in [6.45, 7) is 7.39. The Morgan fingerprint density at radius 3 is 1.86 bits per heavy atom. The van der Waals surface area contributed by atoms with Crippen molar-refractivity contribution in [1.82, 2.24) is 5.32 Å². The Hall–Kier alpha value is -3.73. The van der Waals surface area contributed by atoms with Crippen LogP contribution in [-0.2, 0) is 65.5 Å². The lowest BCUT2D eigenvalue weighted by atomic mass is 9.95. The largest absolute Gasteiger partial charge is 0.455 e. The zero-order valence-corrected chi connectivity index (χ0v) is 27.8. The zero-order valence-electron chi connectivity index (χ0n) is 27.8. The molecule has 2 fully saturated rings. The summed E-state index contributed by atoms with van der Waals surface area (Å²) in [5.74, 6) is -1.99. The molecule has 2 saturated heterocycles. The molecular formula is C35H45NO13. The first kappa shape index (κ1) is 38.1. The highest BCUT2D eigenvalue weighted by molar-refractivity contribution is 5.73. The molecule has 14 heteroatoms. The highest BCUT2D eigenvalue weighted by atomic mass is 16.7. The van der Waals surface area contributed by atoms with Gasteiger partial charge in [0.15, 0.2) is 24.8 Å². The number of carbonyl (C=O) groups excluding carboxylic acids is 3. The molecule has 10 atom stereocenters. The van der Waals surface area contributed by atoms with Crippen LogP contribution in [0.25, 0.3) is 0 Å². The second-order valence-electron chi connectivity index (χ2n) is 11.7. The first-order valence-corrected chi connectivity index (χ1v) is 16.0. The molecule has 2 aromatic rings. The number of ether oxygens (including phenoxy) is 8. The van der Waals surface area contributed by atoms with Gasteiger partial charge in [-0.1, -0.05) is 66.7 Å². The van der Waals surface area contributed by atoms with Crippen LogP contribution in [0, 0.1) is 0 Å². The number of carbonyl (C=O) groups is 3. The molecule has 49 heavy (non-hydrogen) atoms. The summed E-state index contributed by atoms with van der Waals surface area (Å²) < 4.78 is 47.5. The topological polar surface area (TPSA) is 178 Å². The smallest absolute Gasteiger partial charge is 0.303 e.